The van der Waals surface area contributed by atoms with Crippen molar-refractivity contribution in [1.82, 2.24) is 4.72 Å². The monoisotopic (exact) mass is 415 g/mol. The van der Waals surface area contributed by atoms with E-state index in [2.05, 4.69) is 10.0 Å². The zero-order valence-electron chi connectivity index (χ0n) is 14.8. The van der Waals surface area contributed by atoms with Crippen LogP contribution in [-0.4, -0.2) is 27.4 Å². The molecule has 9 heteroatoms. The highest BCUT2D eigenvalue weighted by Crippen LogP contribution is 2.18. The van der Waals surface area contributed by atoms with Crippen molar-refractivity contribution in [2.24, 2.45) is 11.7 Å². The molecule has 4 N–H and O–H groups in total. The van der Waals surface area contributed by atoms with Crippen LogP contribution in [0.1, 0.15) is 12.5 Å². The Morgan fingerprint density at radius 2 is 1.89 bits per heavy atom. The normalized spacial score (nSPS) is 12.1. The Kier molecular flexibility index (Phi) is 8.84. The van der Waals surface area contributed by atoms with Gasteiger partial charge in [-0.1, -0.05) is 31.2 Å². The van der Waals surface area contributed by atoms with E-state index in [1.807, 2.05) is 0 Å². The molecule has 27 heavy (non-hydrogen) atoms. The molecule has 0 bridgehead atoms. The number of sulfonamides is 1. The predicted octanol–water partition coefficient (Wildman–Crippen LogP) is 2.30. The Labute approximate surface area is 164 Å². The number of hydrogen-bond donors (Lipinski definition) is 3. The Morgan fingerprint density at radius 3 is 2.56 bits per heavy atom. The molecule has 1 amide bonds. The highest BCUT2D eigenvalue weighted by molar-refractivity contribution is 7.89. The fraction of sp³-hybridized carbons (Fsp3) is 0.278. The molecule has 0 aliphatic carbocycles. The summed E-state index contributed by atoms with van der Waals surface area (Å²) in [5.41, 5.74) is 6.11. The minimum absolute atomic E-state index is 0. The summed E-state index contributed by atoms with van der Waals surface area (Å²) in [6.45, 7) is 1.99. The van der Waals surface area contributed by atoms with E-state index in [1.54, 1.807) is 31.2 Å². The summed E-state index contributed by atoms with van der Waals surface area (Å²) in [6, 6.07) is 12.2. The number of carbonyl (C=O) groups is 1. The standard InChI is InChI=1S/C18H22FN3O3S.ClH/c1-13(11-14-5-2-3-8-17(14)19)18(23)22-15-6-4-7-16(12-15)26(24,25)21-10-9-20;/h2-8,12-13,21H,9-11,20H2,1H3,(H,22,23);1H. The number of rotatable bonds is 8. The Hall–Kier alpha value is -2.00. The van der Waals surface area contributed by atoms with Gasteiger partial charge >= 0.3 is 0 Å². The van der Waals surface area contributed by atoms with Crippen LogP contribution in [0.4, 0.5) is 10.1 Å². The molecule has 1 unspecified atom stereocenters. The lowest BCUT2D eigenvalue weighted by Gasteiger charge is -2.14. The van der Waals surface area contributed by atoms with Gasteiger partial charge < -0.3 is 11.1 Å². The lowest BCUT2D eigenvalue weighted by Crippen LogP contribution is -2.29. The highest BCUT2D eigenvalue weighted by atomic mass is 35.5. The van der Waals surface area contributed by atoms with E-state index in [9.17, 15) is 17.6 Å². The summed E-state index contributed by atoms with van der Waals surface area (Å²) in [6.07, 6.45) is 0.245. The maximum Gasteiger partial charge on any atom is 0.240 e. The van der Waals surface area contributed by atoms with E-state index in [4.69, 9.17) is 5.73 Å². The molecule has 0 aliphatic rings. The van der Waals surface area contributed by atoms with Crippen LogP contribution in [0.2, 0.25) is 0 Å². The average Bonchev–Trinajstić information content (AvgIpc) is 2.62. The Balaban J connectivity index is 0.00000364. The van der Waals surface area contributed by atoms with Gasteiger partial charge in [-0.05, 0) is 36.2 Å². The summed E-state index contributed by atoms with van der Waals surface area (Å²) < 4.78 is 40.3. The summed E-state index contributed by atoms with van der Waals surface area (Å²) in [7, 11) is -3.69. The first-order valence-corrected chi connectivity index (χ1v) is 9.66. The van der Waals surface area contributed by atoms with Gasteiger partial charge in [-0.25, -0.2) is 17.5 Å². The third-order valence-corrected chi connectivity index (χ3v) is 5.24. The highest BCUT2D eigenvalue weighted by Gasteiger charge is 2.17. The lowest BCUT2D eigenvalue weighted by atomic mass is 10.00. The van der Waals surface area contributed by atoms with Crippen LogP contribution >= 0.6 is 12.4 Å². The van der Waals surface area contributed by atoms with E-state index in [1.165, 1.54) is 24.3 Å². The van der Waals surface area contributed by atoms with E-state index in [-0.39, 0.29) is 48.5 Å². The fourth-order valence-electron chi connectivity index (χ4n) is 2.37. The van der Waals surface area contributed by atoms with Crippen LogP contribution in [0.25, 0.3) is 0 Å². The molecular formula is C18H23ClFN3O3S. The maximum atomic E-state index is 13.7. The maximum absolute atomic E-state index is 13.7. The summed E-state index contributed by atoms with van der Waals surface area (Å²) in [5, 5.41) is 2.67. The summed E-state index contributed by atoms with van der Waals surface area (Å²) in [4.78, 5) is 12.4. The first-order chi connectivity index (χ1) is 12.3. The predicted molar refractivity (Wildman–Crippen MR) is 106 cm³/mol. The molecule has 0 saturated heterocycles. The second-order valence-corrected chi connectivity index (χ2v) is 7.67. The molecule has 0 radical (unpaired) electrons. The smallest absolute Gasteiger partial charge is 0.240 e. The van der Waals surface area contributed by atoms with Gasteiger partial charge in [0.2, 0.25) is 15.9 Å². The molecular weight excluding hydrogens is 393 g/mol. The number of nitrogens with one attached hydrogen (secondary N) is 2. The largest absolute Gasteiger partial charge is 0.329 e. The van der Waals surface area contributed by atoms with Gasteiger partial charge in [-0.15, -0.1) is 12.4 Å². The molecule has 2 rings (SSSR count). The van der Waals surface area contributed by atoms with Gasteiger partial charge in [0.1, 0.15) is 5.82 Å². The zero-order valence-corrected chi connectivity index (χ0v) is 16.4. The average molecular weight is 416 g/mol. The minimum Gasteiger partial charge on any atom is -0.329 e. The summed E-state index contributed by atoms with van der Waals surface area (Å²) >= 11 is 0. The van der Waals surface area contributed by atoms with Crippen molar-refractivity contribution < 1.29 is 17.6 Å². The van der Waals surface area contributed by atoms with Crippen LogP contribution in [0.5, 0.6) is 0 Å². The molecule has 0 fully saturated rings. The number of carbonyl (C=O) groups excluding carboxylic acids is 1. The van der Waals surface area contributed by atoms with Crippen molar-refractivity contribution in [2.45, 2.75) is 18.2 Å². The second-order valence-electron chi connectivity index (χ2n) is 5.90. The van der Waals surface area contributed by atoms with Crippen molar-refractivity contribution in [1.29, 1.82) is 0 Å². The third kappa shape index (κ3) is 6.59. The number of halogens is 2. The van der Waals surface area contributed by atoms with Crippen LogP contribution in [0, 0.1) is 11.7 Å². The molecule has 0 heterocycles. The van der Waals surface area contributed by atoms with Gasteiger partial charge in [0.15, 0.2) is 0 Å². The number of benzene rings is 2. The van der Waals surface area contributed by atoms with Crippen LogP contribution in [-0.2, 0) is 21.2 Å². The number of hydrogen-bond acceptors (Lipinski definition) is 4. The van der Waals surface area contributed by atoms with Crippen molar-refractivity contribution in [3.63, 3.8) is 0 Å². The molecule has 0 aliphatic heterocycles. The van der Waals surface area contributed by atoms with Crippen molar-refractivity contribution in [2.75, 3.05) is 18.4 Å². The quantitative estimate of drug-likeness (QED) is 0.615. The van der Waals surface area contributed by atoms with E-state index < -0.39 is 15.9 Å². The SMILES string of the molecule is CC(Cc1ccccc1F)C(=O)Nc1cccc(S(=O)(=O)NCCN)c1.Cl. The Morgan fingerprint density at radius 1 is 1.19 bits per heavy atom. The topological polar surface area (TPSA) is 101 Å². The second kappa shape index (κ2) is 10.4. The molecule has 0 aromatic heterocycles. The molecule has 2 aromatic carbocycles. The fourth-order valence-corrected chi connectivity index (χ4v) is 3.46. The number of amides is 1. The summed E-state index contributed by atoms with van der Waals surface area (Å²) in [5.74, 6) is -1.16. The van der Waals surface area contributed by atoms with Crippen molar-refractivity contribution in [3.05, 3.63) is 59.9 Å². The van der Waals surface area contributed by atoms with Crippen LogP contribution in [0.15, 0.2) is 53.4 Å². The minimum atomic E-state index is -3.69. The van der Waals surface area contributed by atoms with Gasteiger partial charge in [-0.2, -0.15) is 0 Å². The first-order valence-electron chi connectivity index (χ1n) is 8.17. The zero-order chi connectivity index (χ0) is 19.2. The molecule has 1 atom stereocenters. The molecule has 0 saturated carbocycles. The van der Waals surface area contributed by atoms with Crippen LogP contribution in [0.3, 0.4) is 0 Å². The van der Waals surface area contributed by atoms with E-state index >= 15 is 0 Å². The Bertz CT molecular complexity index is 878. The van der Waals surface area contributed by atoms with Gasteiger partial charge in [-0.3, -0.25) is 4.79 Å². The first kappa shape index (κ1) is 23.0. The van der Waals surface area contributed by atoms with Crippen molar-refractivity contribution in [3.8, 4) is 0 Å². The molecule has 0 spiro atoms. The van der Waals surface area contributed by atoms with E-state index in [0.29, 0.717) is 11.3 Å². The van der Waals surface area contributed by atoms with Gasteiger partial charge in [0.25, 0.3) is 0 Å². The number of anilines is 1. The molecule has 148 valence electrons. The van der Waals surface area contributed by atoms with Crippen molar-refractivity contribution >= 4 is 34.0 Å². The molecule has 6 nitrogen and oxygen atoms in total. The third-order valence-electron chi connectivity index (χ3n) is 3.78. The van der Waals surface area contributed by atoms with Gasteiger partial charge in [0.05, 0.1) is 4.90 Å². The van der Waals surface area contributed by atoms with Crippen LogP contribution < -0.4 is 15.8 Å². The number of nitrogens with two attached hydrogens (primary N) is 1. The van der Waals surface area contributed by atoms with Gasteiger partial charge in [0, 0.05) is 24.7 Å². The lowest BCUT2D eigenvalue weighted by molar-refractivity contribution is -0.119. The molecule has 2 aromatic rings. The van der Waals surface area contributed by atoms with E-state index in [0.717, 1.165) is 0 Å².